The van der Waals surface area contributed by atoms with Gasteiger partial charge < -0.3 is 5.32 Å². The van der Waals surface area contributed by atoms with Crippen LogP contribution in [0.25, 0.3) is 5.65 Å². The van der Waals surface area contributed by atoms with E-state index < -0.39 is 0 Å². The standard InChI is InChI=1S/C16H26N4S/c1-12-10-16-18-11-15(14(3)20(16)19-12)13(2)17-8-6-5-7-9-21-4/h10-11,13,17H,5-9H2,1-4H3. The van der Waals surface area contributed by atoms with Crippen molar-refractivity contribution >= 4 is 17.4 Å². The Morgan fingerprint density at radius 1 is 1.29 bits per heavy atom. The van der Waals surface area contributed by atoms with E-state index in [0.717, 1.165) is 17.9 Å². The maximum absolute atomic E-state index is 4.51. The summed E-state index contributed by atoms with van der Waals surface area (Å²) in [5, 5.41) is 8.11. The molecule has 2 aromatic heterocycles. The van der Waals surface area contributed by atoms with Gasteiger partial charge in [0.2, 0.25) is 0 Å². The fourth-order valence-corrected chi connectivity index (χ4v) is 3.07. The molecule has 0 radical (unpaired) electrons. The van der Waals surface area contributed by atoms with Gasteiger partial charge in [0, 0.05) is 29.6 Å². The minimum atomic E-state index is 0.312. The van der Waals surface area contributed by atoms with Crippen molar-refractivity contribution in [2.24, 2.45) is 0 Å². The Morgan fingerprint density at radius 3 is 2.86 bits per heavy atom. The molecule has 0 spiro atoms. The number of thioether (sulfide) groups is 1. The summed E-state index contributed by atoms with van der Waals surface area (Å²) >= 11 is 1.93. The molecule has 2 heterocycles. The summed E-state index contributed by atoms with van der Waals surface area (Å²) in [5.74, 6) is 1.27. The van der Waals surface area contributed by atoms with Crippen molar-refractivity contribution < 1.29 is 0 Å². The van der Waals surface area contributed by atoms with Crippen molar-refractivity contribution in [3.8, 4) is 0 Å². The minimum Gasteiger partial charge on any atom is -0.310 e. The average Bonchev–Trinajstić information content (AvgIpc) is 2.84. The Hall–Kier alpha value is -1.07. The number of nitrogens with one attached hydrogen (secondary N) is 1. The molecule has 0 amide bonds. The molecule has 0 bridgehead atoms. The van der Waals surface area contributed by atoms with Gasteiger partial charge in [-0.3, -0.25) is 0 Å². The highest BCUT2D eigenvalue weighted by Gasteiger charge is 2.12. The van der Waals surface area contributed by atoms with Gasteiger partial charge in [0.1, 0.15) is 0 Å². The summed E-state index contributed by atoms with van der Waals surface area (Å²) in [5.41, 5.74) is 4.35. The summed E-state index contributed by atoms with van der Waals surface area (Å²) in [7, 11) is 0. The Kier molecular flexibility index (Phi) is 6.06. The van der Waals surface area contributed by atoms with Crippen LogP contribution in [0.15, 0.2) is 12.3 Å². The second kappa shape index (κ2) is 7.80. The van der Waals surface area contributed by atoms with Crippen molar-refractivity contribution in [3.63, 3.8) is 0 Å². The average molecular weight is 306 g/mol. The van der Waals surface area contributed by atoms with Crippen molar-refractivity contribution in [1.82, 2.24) is 19.9 Å². The molecule has 116 valence electrons. The molecule has 0 aromatic carbocycles. The fourth-order valence-electron chi connectivity index (χ4n) is 2.58. The lowest BCUT2D eigenvalue weighted by Crippen LogP contribution is -2.21. The highest BCUT2D eigenvalue weighted by molar-refractivity contribution is 7.98. The molecule has 21 heavy (non-hydrogen) atoms. The predicted molar refractivity (Wildman–Crippen MR) is 91.1 cm³/mol. The summed E-state index contributed by atoms with van der Waals surface area (Å²) in [6, 6.07) is 2.33. The van der Waals surface area contributed by atoms with Crippen LogP contribution in [0.1, 0.15) is 49.2 Å². The highest BCUT2D eigenvalue weighted by Crippen LogP contribution is 2.18. The number of hydrogen-bond donors (Lipinski definition) is 1. The van der Waals surface area contributed by atoms with Crippen molar-refractivity contribution in [2.45, 2.75) is 46.1 Å². The van der Waals surface area contributed by atoms with Crippen LogP contribution in [0.3, 0.4) is 0 Å². The van der Waals surface area contributed by atoms with Crippen LogP contribution in [-0.2, 0) is 0 Å². The van der Waals surface area contributed by atoms with E-state index in [1.165, 1.54) is 36.3 Å². The van der Waals surface area contributed by atoms with Crippen molar-refractivity contribution in [3.05, 3.63) is 29.2 Å². The molecule has 1 unspecified atom stereocenters. The van der Waals surface area contributed by atoms with Crippen LogP contribution >= 0.6 is 11.8 Å². The van der Waals surface area contributed by atoms with E-state index in [1.807, 2.05) is 35.5 Å². The van der Waals surface area contributed by atoms with Gasteiger partial charge in [-0.2, -0.15) is 16.9 Å². The van der Waals surface area contributed by atoms with Gasteiger partial charge in [-0.05, 0) is 52.2 Å². The highest BCUT2D eigenvalue weighted by atomic mass is 32.2. The van der Waals surface area contributed by atoms with Crippen LogP contribution in [-0.4, -0.2) is 33.2 Å². The third kappa shape index (κ3) is 4.20. The maximum Gasteiger partial charge on any atom is 0.155 e. The predicted octanol–water partition coefficient (Wildman–Crippen LogP) is 3.53. The smallest absolute Gasteiger partial charge is 0.155 e. The van der Waals surface area contributed by atoms with E-state index >= 15 is 0 Å². The first kappa shape index (κ1) is 16.3. The van der Waals surface area contributed by atoms with E-state index in [1.54, 1.807) is 0 Å². The third-order valence-corrected chi connectivity index (χ3v) is 4.52. The molecule has 0 aliphatic carbocycles. The molecule has 0 aliphatic rings. The van der Waals surface area contributed by atoms with Crippen LogP contribution in [0.2, 0.25) is 0 Å². The largest absolute Gasteiger partial charge is 0.310 e. The number of rotatable bonds is 8. The van der Waals surface area contributed by atoms with Gasteiger partial charge in [0.25, 0.3) is 0 Å². The SMILES string of the molecule is CSCCCCCNC(C)c1cnc2cc(C)nn2c1C. The lowest BCUT2D eigenvalue weighted by molar-refractivity contribution is 0.538. The lowest BCUT2D eigenvalue weighted by Gasteiger charge is -2.16. The first-order chi connectivity index (χ1) is 10.1. The number of unbranched alkanes of at least 4 members (excludes halogenated alkanes) is 2. The van der Waals surface area contributed by atoms with E-state index in [-0.39, 0.29) is 0 Å². The summed E-state index contributed by atoms with van der Waals surface area (Å²) in [6.45, 7) is 7.39. The molecule has 0 saturated carbocycles. The normalized spacial score (nSPS) is 13.0. The number of aryl methyl sites for hydroxylation is 2. The third-order valence-electron chi connectivity index (χ3n) is 3.83. The second-order valence-corrected chi connectivity index (χ2v) is 6.57. The molecule has 1 atom stereocenters. The topological polar surface area (TPSA) is 42.2 Å². The Morgan fingerprint density at radius 2 is 2.10 bits per heavy atom. The number of hydrogen-bond acceptors (Lipinski definition) is 4. The Balaban J connectivity index is 1.93. The van der Waals surface area contributed by atoms with Crippen LogP contribution in [0, 0.1) is 13.8 Å². The minimum absolute atomic E-state index is 0.312. The van der Waals surface area contributed by atoms with Crippen LogP contribution in [0.5, 0.6) is 0 Å². The number of nitrogens with zero attached hydrogens (tertiary/aromatic N) is 3. The van der Waals surface area contributed by atoms with E-state index in [0.29, 0.717) is 6.04 Å². The zero-order valence-electron chi connectivity index (χ0n) is 13.5. The molecule has 0 saturated heterocycles. The van der Waals surface area contributed by atoms with Crippen molar-refractivity contribution in [2.75, 3.05) is 18.6 Å². The van der Waals surface area contributed by atoms with Gasteiger partial charge in [-0.15, -0.1) is 0 Å². The molecular weight excluding hydrogens is 280 g/mol. The fraction of sp³-hybridized carbons (Fsp3) is 0.625. The van der Waals surface area contributed by atoms with Gasteiger partial charge in [0.15, 0.2) is 5.65 Å². The van der Waals surface area contributed by atoms with Crippen molar-refractivity contribution in [1.29, 1.82) is 0 Å². The van der Waals surface area contributed by atoms with Gasteiger partial charge >= 0.3 is 0 Å². The number of aromatic nitrogens is 3. The second-order valence-electron chi connectivity index (χ2n) is 5.58. The summed E-state index contributed by atoms with van der Waals surface area (Å²) < 4.78 is 1.95. The first-order valence-electron chi connectivity index (χ1n) is 7.67. The molecule has 4 nitrogen and oxygen atoms in total. The summed E-state index contributed by atoms with van der Waals surface area (Å²) in [4.78, 5) is 4.51. The summed E-state index contributed by atoms with van der Waals surface area (Å²) in [6.07, 6.45) is 8.01. The maximum atomic E-state index is 4.51. The molecule has 0 fully saturated rings. The van der Waals surface area contributed by atoms with E-state index in [2.05, 4.69) is 35.5 Å². The zero-order chi connectivity index (χ0) is 15.2. The molecule has 1 N–H and O–H groups in total. The lowest BCUT2D eigenvalue weighted by atomic mass is 10.1. The Bertz CT molecular complexity index is 579. The van der Waals surface area contributed by atoms with Gasteiger partial charge in [-0.25, -0.2) is 9.50 Å². The quantitative estimate of drug-likeness (QED) is 0.758. The van der Waals surface area contributed by atoms with Gasteiger partial charge in [0.05, 0.1) is 5.69 Å². The van der Waals surface area contributed by atoms with Crippen LogP contribution in [0.4, 0.5) is 0 Å². The van der Waals surface area contributed by atoms with Gasteiger partial charge in [-0.1, -0.05) is 6.42 Å². The molecule has 5 heteroatoms. The molecule has 2 rings (SSSR count). The first-order valence-corrected chi connectivity index (χ1v) is 9.07. The molecule has 0 aliphatic heterocycles. The zero-order valence-corrected chi connectivity index (χ0v) is 14.3. The Labute approximate surface area is 131 Å². The molecule has 2 aromatic rings. The monoisotopic (exact) mass is 306 g/mol. The van der Waals surface area contributed by atoms with Crippen LogP contribution < -0.4 is 5.32 Å². The van der Waals surface area contributed by atoms with E-state index in [9.17, 15) is 0 Å². The number of fused-ring (bicyclic) bond motifs is 1. The molecular formula is C16H26N4S. The van der Waals surface area contributed by atoms with E-state index in [4.69, 9.17) is 0 Å².